The molecule has 1 unspecified atom stereocenters. The molecule has 0 aliphatic carbocycles. The third kappa shape index (κ3) is 29.5. The van der Waals surface area contributed by atoms with Gasteiger partial charge in [-0.05, 0) is 89.4 Å². The monoisotopic (exact) mass is 697 g/mol. The van der Waals surface area contributed by atoms with Crippen molar-refractivity contribution in [1.82, 2.24) is 0 Å². The van der Waals surface area contributed by atoms with Gasteiger partial charge in [-0.3, -0.25) is 0 Å². The van der Waals surface area contributed by atoms with E-state index in [4.69, 9.17) is 9.47 Å². The summed E-state index contributed by atoms with van der Waals surface area (Å²) in [6, 6.07) is 0. The molecule has 0 saturated carbocycles. The maximum Gasteiger partial charge on any atom is 0.168 e. The Labute approximate surface area is 314 Å². The Kier molecular flexibility index (Phi) is 34.0. The van der Waals surface area contributed by atoms with E-state index < -0.39 is 0 Å². The van der Waals surface area contributed by atoms with Crippen molar-refractivity contribution in [2.24, 2.45) is 11.8 Å². The molecule has 1 heterocycles. The summed E-state index contributed by atoms with van der Waals surface area (Å²) in [5.74, 6) is 1.15. The summed E-state index contributed by atoms with van der Waals surface area (Å²) in [5, 5.41) is 0. The van der Waals surface area contributed by atoms with Crippen molar-refractivity contribution >= 4 is 0 Å². The lowest BCUT2D eigenvalue weighted by molar-refractivity contribution is -0.290. The summed E-state index contributed by atoms with van der Waals surface area (Å²) in [4.78, 5) is 0. The second kappa shape index (κ2) is 36.2. The quantitative estimate of drug-likeness (QED) is 0.0479. The molecule has 0 N–H and O–H groups in total. The molecule has 1 fully saturated rings. The van der Waals surface area contributed by atoms with E-state index in [1.54, 1.807) is 0 Å². The molecular weight excluding hydrogens is 609 g/mol. The van der Waals surface area contributed by atoms with E-state index in [-0.39, 0.29) is 5.79 Å². The van der Waals surface area contributed by atoms with Crippen molar-refractivity contribution < 1.29 is 9.47 Å². The molecule has 1 aliphatic rings. The number of allylic oxidation sites excluding steroid dienone is 8. The zero-order valence-electron chi connectivity index (χ0n) is 34.4. The van der Waals surface area contributed by atoms with Crippen LogP contribution >= 0.6 is 0 Å². The Hall–Kier alpha value is -1.12. The van der Waals surface area contributed by atoms with Crippen LogP contribution in [0.4, 0.5) is 0 Å². The molecule has 0 amide bonds. The molecule has 1 saturated heterocycles. The van der Waals surface area contributed by atoms with E-state index in [9.17, 15) is 0 Å². The van der Waals surface area contributed by atoms with Crippen LogP contribution in [-0.4, -0.2) is 19.0 Å². The second-order valence-electron chi connectivity index (χ2n) is 15.9. The van der Waals surface area contributed by atoms with Gasteiger partial charge in [-0.25, -0.2) is 0 Å². The van der Waals surface area contributed by atoms with E-state index in [0.717, 1.165) is 44.8 Å². The van der Waals surface area contributed by atoms with Crippen LogP contribution in [0.15, 0.2) is 48.6 Å². The van der Waals surface area contributed by atoms with Crippen LogP contribution in [0.25, 0.3) is 0 Å². The summed E-state index contributed by atoms with van der Waals surface area (Å²) in [6.45, 7) is 11.1. The topological polar surface area (TPSA) is 18.5 Å². The van der Waals surface area contributed by atoms with Crippen molar-refractivity contribution in [3.63, 3.8) is 0 Å². The average molecular weight is 697 g/mol. The first kappa shape index (κ1) is 46.9. The number of hydrogen-bond donors (Lipinski definition) is 0. The standard InChI is InChI=1S/C48H88O2/c1-5-8-10-12-14-16-18-20-22-24-26-28-30-32-34-38-42-48(49-44-47(45-50-48)41-37-36-40-46(4)7-3)43-39-35-33-31-29-27-25-23-21-19-17-15-13-11-9-6-2/h14-17,20-23,46-47H,5-13,18-19,24-45H2,1-4H3/b16-14-,17-15-,22-20-,23-21-. The smallest absolute Gasteiger partial charge is 0.168 e. The molecule has 0 aromatic rings. The Balaban J connectivity index is 2.25. The molecule has 0 aromatic heterocycles. The second-order valence-corrected chi connectivity index (χ2v) is 15.9. The normalized spacial score (nSPS) is 16.2. The van der Waals surface area contributed by atoms with Gasteiger partial charge in [-0.15, -0.1) is 0 Å². The Morgan fingerprint density at radius 2 is 0.880 bits per heavy atom. The molecule has 1 aliphatic heterocycles. The minimum atomic E-state index is -0.308. The molecule has 2 heteroatoms. The van der Waals surface area contributed by atoms with Crippen LogP contribution in [0.1, 0.15) is 227 Å². The molecule has 0 spiro atoms. The lowest BCUT2D eigenvalue weighted by atomic mass is 9.94. The molecule has 0 bridgehead atoms. The molecule has 1 rings (SSSR count). The van der Waals surface area contributed by atoms with Crippen molar-refractivity contribution in [2.45, 2.75) is 233 Å². The third-order valence-corrected chi connectivity index (χ3v) is 10.9. The van der Waals surface area contributed by atoms with Crippen molar-refractivity contribution in [2.75, 3.05) is 13.2 Å². The first-order valence-electron chi connectivity index (χ1n) is 22.5. The zero-order chi connectivity index (χ0) is 36.1. The average Bonchev–Trinajstić information content (AvgIpc) is 3.13. The molecular formula is C48H88O2. The van der Waals surface area contributed by atoms with Gasteiger partial charge in [0.15, 0.2) is 5.79 Å². The van der Waals surface area contributed by atoms with Gasteiger partial charge in [0.05, 0.1) is 13.2 Å². The highest BCUT2D eigenvalue weighted by Gasteiger charge is 2.36. The van der Waals surface area contributed by atoms with Gasteiger partial charge >= 0.3 is 0 Å². The fraction of sp³-hybridized carbons (Fsp3) is 0.833. The zero-order valence-corrected chi connectivity index (χ0v) is 34.4. The fourth-order valence-corrected chi connectivity index (χ4v) is 7.10. The van der Waals surface area contributed by atoms with E-state index in [2.05, 4.69) is 76.3 Å². The minimum Gasteiger partial charge on any atom is -0.350 e. The highest BCUT2D eigenvalue weighted by Crippen LogP contribution is 2.34. The van der Waals surface area contributed by atoms with Gasteiger partial charge in [-0.2, -0.15) is 0 Å². The molecule has 50 heavy (non-hydrogen) atoms. The van der Waals surface area contributed by atoms with Gasteiger partial charge < -0.3 is 9.47 Å². The number of hydrogen-bond acceptors (Lipinski definition) is 2. The third-order valence-electron chi connectivity index (χ3n) is 10.9. The number of ether oxygens (including phenoxy) is 2. The van der Waals surface area contributed by atoms with Crippen LogP contribution < -0.4 is 0 Å². The maximum atomic E-state index is 6.68. The maximum absolute atomic E-state index is 6.68. The van der Waals surface area contributed by atoms with Crippen LogP contribution in [0.3, 0.4) is 0 Å². The minimum absolute atomic E-state index is 0.308. The van der Waals surface area contributed by atoms with Crippen molar-refractivity contribution in [3.05, 3.63) is 48.6 Å². The van der Waals surface area contributed by atoms with Crippen LogP contribution in [0.2, 0.25) is 0 Å². The summed E-state index contributed by atoms with van der Waals surface area (Å²) < 4.78 is 13.4. The van der Waals surface area contributed by atoms with Gasteiger partial charge in [0.2, 0.25) is 0 Å². The lowest BCUT2D eigenvalue weighted by Gasteiger charge is -2.41. The van der Waals surface area contributed by atoms with Crippen molar-refractivity contribution in [1.29, 1.82) is 0 Å². The first-order chi connectivity index (χ1) is 24.7. The van der Waals surface area contributed by atoms with Gasteiger partial charge in [0.25, 0.3) is 0 Å². The van der Waals surface area contributed by atoms with E-state index in [0.29, 0.717) is 5.92 Å². The highest BCUT2D eigenvalue weighted by atomic mass is 16.7. The fourth-order valence-electron chi connectivity index (χ4n) is 7.10. The highest BCUT2D eigenvalue weighted by molar-refractivity contribution is 4.93. The molecule has 0 radical (unpaired) electrons. The Morgan fingerprint density at radius 3 is 1.30 bits per heavy atom. The summed E-state index contributed by atoms with van der Waals surface area (Å²) >= 11 is 0. The van der Waals surface area contributed by atoms with Crippen LogP contribution in [0.5, 0.6) is 0 Å². The van der Waals surface area contributed by atoms with E-state index >= 15 is 0 Å². The van der Waals surface area contributed by atoms with Crippen LogP contribution in [-0.2, 0) is 9.47 Å². The van der Waals surface area contributed by atoms with Gasteiger partial charge in [0, 0.05) is 18.8 Å². The lowest BCUT2D eigenvalue weighted by Crippen LogP contribution is -2.44. The van der Waals surface area contributed by atoms with E-state index in [1.165, 1.54) is 173 Å². The Bertz CT molecular complexity index is 749. The Morgan fingerprint density at radius 1 is 0.480 bits per heavy atom. The predicted octanol–water partition coefficient (Wildman–Crippen LogP) is 16.4. The summed E-state index contributed by atoms with van der Waals surface area (Å²) in [5.41, 5.74) is 0. The van der Waals surface area contributed by atoms with Gasteiger partial charge in [-0.1, -0.05) is 179 Å². The van der Waals surface area contributed by atoms with Crippen molar-refractivity contribution in [3.8, 4) is 0 Å². The molecule has 1 atom stereocenters. The van der Waals surface area contributed by atoms with Gasteiger partial charge in [0.1, 0.15) is 0 Å². The number of unbranched alkanes of at least 4 members (excludes halogenated alkanes) is 19. The molecule has 292 valence electrons. The summed E-state index contributed by atoms with van der Waals surface area (Å²) in [7, 11) is 0. The van der Waals surface area contributed by atoms with Crippen LogP contribution in [0, 0.1) is 11.8 Å². The molecule has 0 aromatic carbocycles. The molecule has 2 nitrogen and oxygen atoms in total. The largest absolute Gasteiger partial charge is 0.350 e. The predicted molar refractivity (Wildman–Crippen MR) is 224 cm³/mol. The SMILES string of the molecule is CCCCC/C=C\C/C=C\CCCCCCCCC1(CCCCCCCC/C=C\C/C=C\CCCCC)OCC(CCCCC(C)CC)CO1. The number of rotatable bonds is 36. The summed E-state index contributed by atoms with van der Waals surface area (Å²) in [6.07, 6.45) is 58.8. The van der Waals surface area contributed by atoms with E-state index in [1.807, 2.05) is 0 Å². The first-order valence-corrected chi connectivity index (χ1v) is 22.5.